The summed E-state index contributed by atoms with van der Waals surface area (Å²) in [5.41, 5.74) is 4.73. The molecular weight excluding hydrogens is 324 g/mol. The molecule has 27 heavy (non-hydrogen) atoms. The van der Waals surface area contributed by atoms with Crippen molar-refractivity contribution in [1.82, 2.24) is 0 Å². The van der Waals surface area contributed by atoms with E-state index in [4.69, 9.17) is 0 Å². The van der Waals surface area contributed by atoms with Crippen LogP contribution in [0.3, 0.4) is 0 Å². The average molecular weight is 361 g/mol. The van der Waals surface area contributed by atoms with Gasteiger partial charge in [0.1, 0.15) is 0 Å². The van der Waals surface area contributed by atoms with Gasteiger partial charge in [-0.1, -0.05) is 118 Å². The number of benzene rings is 2. The van der Waals surface area contributed by atoms with Crippen LogP contribution in [0.4, 0.5) is 0 Å². The molecule has 2 aromatic rings. The molecule has 3 rings (SSSR count). The molecule has 0 heterocycles. The first kappa shape index (κ1) is 19.9. The minimum absolute atomic E-state index is 0.198. The first-order valence-electron chi connectivity index (χ1n) is 11.1. The molecule has 1 aliphatic rings. The second kappa shape index (κ2) is 9.93. The molecule has 2 aromatic carbocycles. The van der Waals surface area contributed by atoms with Crippen molar-refractivity contribution in [2.24, 2.45) is 5.92 Å². The van der Waals surface area contributed by atoms with Crippen molar-refractivity contribution in [3.8, 4) is 0 Å². The van der Waals surface area contributed by atoms with E-state index in [0.717, 1.165) is 0 Å². The smallest absolute Gasteiger partial charge is 0.0272 e. The molecule has 0 aromatic heterocycles. The third-order valence-electron chi connectivity index (χ3n) is 6.25. The van der Waals surface area contributed by atoms with Gasteiger partial charge >= 0.3 is 0 Å². The third-order valence-corrected chi connectivity index (χ3v) is 6.25. The molecule has 1 unspecified atom stereocenters. The maximum Gasteiger partial charge on any atom is 0.0272 e. The van der Waals surface area contributed by atoms with Crippen LogP contribution in [0.15, 0.2) is 72.3 Å². The standard InChI is InChI=1S/C27H36/c1-3-4-5-6-7-8-11-16-23(2)21-26-22-27(26,24-17-12-9-13-18-24)25-19-14-10-15-20-25/h9-10,12-15,17-21,26H,3-8,11,16,22H2,1-2H3/b23-21-. The van der Waals surface area contributed by atoms with Crippen molar-refractivity contribution in [1.29, 1.82) is 0 Å². The highest BCUT2D eigenvalue weighted by Gasteiger charge is 2.54. The molecule has 0 aliphatic heterocycles. The van der Waals surface area contributed by atoms with Gasteiger partial charge in [-0.2, -0.15) is 0 Å². The minimum Gasteiger partial charge on any atom is -0.0812 e. The summed E-state index contributed by atoms with van der Waals surface area (Å²) in [6, 6.07) is 22.2. The van der Waals surface area contributed by atoms with Crippen LogP contribution in [-0.2, 0) is 5.41 Å². The molecule has 0 amide bonds. The van der Waals surface area contributed by atoms with E-state index in [1.165, 1.54) is 68.9 Å². The highest BCUT2D eigenvalue weighted by atomic mass is 14.6. The fourth-order valence-corrected chi connectivity index (χ4v) is 4.58. The zero-order valence-electron chi connectivity index (χ0n) is 17.3. The summed E-state index contributed by atoms with van der Waals surface area (Å²) in [5, 5.41) is 0. The van der Waals surface area contributed by atoms with Gasteiger partial charge in [0.25, 0.3) is 0 Å². The van der Waals surface area contributed by atoms with E-state index < -0.39 is 0 Å². The van der Waals surface area contributed by atoms with E-state index >= 15 is 0 Å². The summed E-state index contributed by atoms with van der Waals surface area (Å²) in [4.78, 5) is 0. The van der Waals surface area contributed by atoms with Crippen LogP contribution < -0.4 is 0 Å². The molecule has 1 fully saturated rings. The summed E-state index contributed by atoms with van der Waals surface area (Å²) >= 11 is 0. The third kappa shape index (κ3) is 5.12. The molecule has 1 atom stereocenters. The van der Waals surface area contributed by atoms with Crippen molar-refractivity contribution in [3.63, 3.8) is 0 Å². The summed E-state index contributed by atoms with van der Waals surface area (Å²) in [6.45, 7) is 4.63. The van der Waals surface area contributed by atoms with Crippen molar-refractivity contribution in [3.05, 3.63) is 83.4 Å². The van der Waals surface area contributed by atoms with Gasteiger partial charge in [-0.05, 0) is 43.2 Å². The van der Waals surface area contributed by atoms with E-state index in [1.54, 1.807) is 5.57 Å². The Morgan fingerprint density at radius 1 is 0.815 bits per heavy atom. The summed E-state index contributed by atoms with van der Waals surface area (Å²) < 4.78 is 0. The van der Waals surface area contributed by atoms with Gasteiger partial charge in [0, 0.05) is 5.41 Å². The van der Waals surface area contributed by atoms with Crippen LogP contribution in [0, 0.1) is 5.92 Å². The molecule has 1 saturated carbocycles. The van der Waals surface area contributed by atoms with Gasteiger partial charge < -0.3 is 0 Å². The predicted octanol–water partition coefficient (Wildman–Crippen LogP) is 8.08. The number of rotatable bonds is 11. The van der Waals surface area contributed by atoms with Crippen LogP contribution in [0.25, 0.3) is 0 Å². The Morgan fingerprint density at radius 3 is 1.89 bits per heavy atom. The summed E-state index contributed by atoms with van der Waals surface area (Å²) in [5.74, 6) is 0.645. The Hall–Kier alpha value is -1.82. The second-order valence-electron chi connectivity index (χ2n) is 8.40. The van der Waals surface area contributed by atoms with E-state index in [-0.39, 0.29) is 5.41 Å². The Bertz CT molecular complexity index is 656. The monoisotopic (exact) mass is 360 g/mol. The number of unbranched alkanes of at least 4 members (excludes halogenated alkanes) is 6. The maximum atomic E-state index is 2.58. The van der Waals surface area contributed by atoms with Gasteiger partial charge in [0.15, 0.2) is 0 Å². The lowest BCUT2D eigenvalue weighted by Gasteiger charge is -2.18. The molecule has 0 nitrogen and oxygen atoms in total. The summed E-state index contributed by atoms with van der Waals surface area (Å²) in [6.07, 6.45) is 14.8. The van der Waals surface area contributed by atoms with Crippen LogP contribution in [-0.4, -0.2) is 0 Å². The number of hydrogen-bond acceptors (Lipinski definition) is 0. The zero-order chi connectivity index (χ0) is 19.0. The minimum atomic E-state index is 0.198. The van der Waals surface area contributed by atoms with Crippen LogP contribution in [0.1, 0.15) is 82.8 Å². The first-order valence-corrected chi connectivity index (χ1v) is 11.1. The quantitative estimate of drug-likeness (QED) is 0.280. The molecule has 144 valence electrons. The molecule has 1 aliphatic carbocycles. The van der Waals surface area contributed by atoms with Gasteiger partial charge in [0.05, 0.1) is 0 Å². The Labute approximate surface area is 166 Å². The highest BCUT2D eigenvalue weighted by molar-refractivity contribution is 5.49. The lowest BCUT2D eigenvalue weighted by Crippen LogP contribution is -2.11. The van der Waals surface area contributed by atoms with E-state index in [2.05, 4.69) is 80.6 Å². The molecule has 0 N–H and O–H groups in total. The fourth-order valence-electron chi connectivity index (χ4n) is 4.58. The number of hydrogen-bond donors (Lipinski definition) is 0. The zero-order valence-corrected chi connectivity index (χ0v) is 17.3. The lowest BCUT2D eigenvalue weighted by atomic mass is 9.85. The Balaban J connectivity index is 1.59. The highest BCUT2D eigenvalue weighted by Crippen LogP contribution is 2.59. The fraction of sp³-hybridized carbons (Fsp3) is 0.481. The van der Waals surface area contributed by atoms with Crippen LogP contribution in [0.5, 0.6) is 0 Å². The first-order chi connectivity index (χ1) is 13.3. The lowest BCUT2D eigenvalue weighted by molar-refractivity contribution is 0.588. The van der Waals surface area contributed by atoms with Gasteiger partial charge in [0.2, 0.25) is 0 Å². The van der Waals surface area contributed by atoms with Crippen molar-refractivity contribution >= 4 is 0 Å². The van der Waals surface area contributed by atoms with Crippen molar-refractivity contribution in [2.75, 3.05) is 0 Å². The normalized spacial score (nSPS) is 18.4. The van der Waals surface area contributed by atoms with Crippen molar-refractivity contribution < 1.29 is 0 Å². The largest absolute Gasteiger partial charge is 0.0812 e. The van der Waals surface area contributed by atoms with Crippen molar-refractivity contribution in [2.45, 2.75) is 77.0 Å². The van der Waals surface area contributed by atoms with E-state index in [1.807, 2.05) is 0 Å². The van der Waals surface area contributed by atoms with E-state index in [0.29, 0.717) is 5.92 Å². The predicted molar refractivity (Wildman–Crippen MR) is 118 cm³/mol. The number of allylic oxidation sites excluding steroid dienone is 2. The topological polar surface area (TPSA) is 0 Å². The van der Waals surface area contributed by atoms with Gasteiger partial charge in [-0.25, -0.2) is 0 Å². The molecule has 0 spiro atoms. The molecular formula is C27H36. The molecule has 0 heteroatoms. The molecule has 0 bridgehead atoms. The molecule has 0 radical (unpaired) electrons. The van der Waals surface area contributed by atoms with Crippen LogP contribution in [0.2, 0.25) is 0 Å². The Morgan fingerprint density at radius 2 is 1.33 bits per heavy atom. The molecule has 0 saturated heterocycles. The maximum absolute atomic E-state index is 2.58. The van der Waals surface area contributed by atoms with Gasteiger partial charge in [-0.3, -0.25) is 0 Å². The Kier molecular flexibility index (Phi) is 7.33. The average Bonchev–Trinajstić information content (AvgIpc) is 3.43. The van der Waals surface area contributed by atoms with E-state index in [9.17, 15) is 0 Å². The SMILES string of the molecule is CCCCCCCCC/C(C)=C\C1CC1(c1ccccc1)c1ccccc1. The van der Waals surface area contributed by atoms with Crippen LogP contribution >= 0.6 is 0 Å². The second-order valence-corrected chi connectivity index (χ2v) is 8.40. The van der Waals surface area contributed by atoms with Gasteiger partial charge in [-0.15, -0.1) is 0 Å². The summed E-state index contributed by atoms with van der Waals surface area (Å²) in [7, 11) is 0.